The molecule has 0 saturated carbocycles. The van der Waals surface area contributed by atoms with E-state index < -0.39 is 21.2 Å². The number of aliphatic hydroxyl groups is 1. The second kappa shape index (κ2) is 4.86. The Balaban J connectivity index is 2.76. The highest BCUT2D eigenvalue weighted by atomic mass is 16.6. The monoisotopic (exact) mass is 267 g/mol. The van der Waals surface area contributed by atoms with Gasteiger partial charge >= 0.3 is 11.4 Å². The van der Waals surface area contributed by atoms with Crippen molar-refractivity contribution in [2.24, 2.45) is 0 Å². The molecular formula is C9H9N5O5. The second-order valence-corrected chi connectivity index (χ2v) is 3.58. The maximum absolute atomic E-state index is 11.1. The fourth-order valence-corrected chi connectivity index (χ4v) is 1.73. The van der Waals surface area contributed by atoms with E-state index in [1.807, 2.05) is 0 Å². The molecule has 0 aliphatic rings. The second-order valence-electron chi connectivity index (χ2n) is 3.58. The normalized spacial score (nSPS) is 10.6. The predicted molar refractivity (Wildman–Crippen MR) is 65.0 cm³/mol. The summed E-state index contributed by atoms with van der Waals surface area (Å²) in [5.41, 5.74) is -0.969. The van der Waals surface area contributed by atoms with Crippen LogP contribution in [0.5, 0.6) is 0 Å². The van der Waals surface area contributed by atoms with Crippen LogP contribution in [-0.2, 0) is 0 Å². The van der Waals surface area contributed by atoms with Crippen LogP contribution in [0.2, 0.25) is 0 Å². The Bertz CT molecular complexity index is 652. The van der Waals surface area contributed by atoms with Gasteiger partial charge in [-0.15, -0.1) is 0 Å². The molecule has 0 aliphatic heterocycles. The summed E-state index contributed by atoms with van der Waals surface area (Å²) in [6, 6.07) is 1.16. The number of imidazole rings is 1. The van der Waals surface area contributed by atoms with Crippen LogP contribution >= 0.6 is 0 Å². The van der Waals surface area contributed by atoms with Gasteiger partial charge in [-0.2, -0.15) is 0 Å². The third-order valence-electron chi connectivity index (χ3n) is 2.46. The first-order chi connectivity index (χ1) is 9.06. The molecule has 2 aromatic rings. The van der Waals surface area contributed by atoms with E-state index in [1.54, 1.807) is 0 Å². The summed E-state index contributed by atoms with van der Waals surface area (Å²) in [6.07, 6.45) is 1.22. The number of nitrogens with one attached hydrogen (secondary N) is 2. The van der Waals surface area contributed by atoms with Crippen molar-refractivity contribution in [2.45, 2.75) is 0 Å². The first-order valence-corrected chi connectivity index (χ1v) is 5.20. The SMILES string of the molecule is O=[N+]([O-])c1cc2[nH]cnc2c([N+](=O)[O-])c1NCCO. The zero-order valence-corrected chi connectivity index (χ0v) is 9.49. The zero-order valence-electron chi connectivity index (χ0n) is 9.49. The molecule has 0 saturated heterocycles. The van der Waals surface area contributed by atoms with Crippen LogP contribution in [-0.4, -0.2) is 38.1 Å². The molecule has 0 fully saturated rings. The lowest BCUT2D eigenvalue weighted by atomic mass is 10.2. The molecule has 0 spiro atoms. The van der Waals surface area contributed by atoms with E-state index in [1.165, 1.54) is 6.33 Å². The summed E-state index contributed by atoms with van der Waals surface area (Å²) < 4.78 is 0. The van der Waals surface area contributed by atoms with Crippen LogP contribution in [0, 0.1) is 20.2 Å². The lowest BCUT2D eigenvalue weighted by molar-refractivity contribution is -0.391. The molecule has 3 N–H and O–H groups in total. The van der Waals surface area contributed by atoms with Gasteiger partial charge in [0.05, 0.1) is 28.3 Å². The minimum Gasteiger partial charge on any atom is -0.395 e. The molecule has 2 rings (SSSR count). The molecule has 0 unspecified atom stereocenters. The summed E-state index contributed by atoms with van der Waals surface area (Å²) in [4.78, 5) is 27.0. The van der Waals surface area contributed by atoms with Crippen molar-refractivity contribution in [3.8, 4) is 0 Å². The van der Waals surface area contributed by atoms with Crippen LogP contribution in [0.25, 0.3) is 11.0 Å². The van der Waals surface area contributed by atoms with Crippen molar-refractivity contribution in [1.29, 1.82) is 0 Å². The Labute approximate surface area is 105 Å². The maximum atomic E-state index is 11.1. The molecule has 1 aromatic carbocycles. The molecule has 1 aromatic heterocycles. The van der Waals surface area contributed by atoms with Crippen LogP contribution in [0.1, 0.15) is 0 Å². The minimum atomic E-state index is -0.740. The van der Waals surface area contributed by atoms with Crippen molar-refractivity contribution in [3.63, 3.8) is 0 Å². The number of hydrogen-bond acceptors (Lipinski definition) is 7. The van der Waals surface area contributed by atoms with Crippen molar-refractivity contribution in [2.75, 3.05) is 18.5 Å². The van der Waals surface area contributed by atoms with Crippen molar-refractivity contribution < 1.29 is 15.0 Å². The quantitative estimate of drug-likeness (QED) is 0.535. The van der Waals surface area contributed by atoms with Gasteiger partial charge in [0.15, 0.2) is 11.2 Å². The lowest BCUT2D eigenvalue weighted by Gasteiger charge is -2.06. The van der Waals surface area contributed by atoms with Gasteiger partial charge in [-0.25, -0.2) is 4.98 Å². The van der Waals surface area contributed by atoms with Gasteiger partial charge < -0.3 is 15.4 Å². The number of H-pyrrole nitrogens is 1. The maximum Gasteiger partial charge on any atom is 0.327 e. The Hall–Kier alpha value is -2.75. The van der Waals surface area contributed by atoms with Crippen LogP contribution in [0.3, 0.4) is 0 Å². The fourth-order valence-electron chi connectivity index (χ4n) is 1.73. The average Bonchev–Trinajstić information content (AvgIpc) is 2.81. The van der Waals surface area contributed by atoms with E-state index in [-0.39, 0.29) is 29.9 Å². The highest BCUT2D eigenvalue weighted by molar-refractivity contribution is 5.96. The Morgan fingerprint density at radius 1 is 1.37 bits per heavy atom. The number of nitrogens with zero attached hydrogens (tertiary/aromatic N) is 3. The smallest absolute Gasteiger partial charge is 0.327 e. The molecule has 100 valence electrons. The lowest BCUT2D eigenvalue weighted by Crippen LogP contribution is -2.10. The number of nitro groups is 2. The topological polar surface area (TPSA) is 147 Å². The minimum absolute atomic E-state index is 0.0241. The molecular weight excluding hydrogens is 258 g/mol. The molecule has 0 amide bonds. The number of aliphatic hydroxyl groups excluding tert-OH is 1. The predicted octanol–water partition coefficient (Wildman–Crippen LogP) is 0.783. The Morgan fingerprint density at radius 3 is 2.68 bits per heavy atom. The average molecular weight is 267 g/mol. The molecule has 1 heterocycles. The van der Waals surface area contributed by atoms with Gasteiger partial charge in [0.1, 0.15) is 0 Å². The van der Waals surface area contributed by atoms with Crippen LogP contribution in [0.4, 0.5) is 17.1 Å². The van der Waals surface area contributed by atoms with Crippen molar-refractivity contribution in [3.05, 3.63) is 32.6 Å². The summed E-state index contributed by atoms with van der Waals surface area (Å²) in [5, 5.41) is 33.3. The van der Waals surface area contributed by atoms with E-state index in [0.717, 1.165) is 6.07 Å². The zero-order chi connectivity index (χ0) is 14.0. The van der Waals surface area contributed by atoms with Gasteiger partial charge in [-0.1, -0.05) is 0 Å². The molecule has 19 heavy (non-hydrogen) atoms. The summed E-state index contributed by atoms with van der Waals surface area (Å²) >= 11 is 0. The van der Waals surface area contributed by atoms with E-state index in [4.69, 9.17) is 5.11 Å². The molecule has 0 atom stereocenters. The molecule has 0 aliphatic carbocycles. The van der Waals surface area contributed by atoms with E-state index in [9.17, 15) is 20.2 Å². The van der Waals surface area contributed by atoms with Crippen molar-refractivity contribution >= 4 is 28.1 Å². The number of aromatic amines is 1. The molecule has 10 nitrogen and oxygen atoms in total. The first kappa shape index (κ1) is 12.7. The van der Waals surface area contributed by atoms with Crippen LogP contribution in [0.15, 0.2) is 12.4 Å². The van der Waals surface area contributed by atoms with Gasteiger partial charge in [0.2, 0.25) is 0 Å². The van der Waals surface area contributed by atoms with Gasteiger partial charge in [0.25, 0.3) is 0 Å². The summed E-state index contributed by atoms with van der Waals surface area (Å²) in [7, 11) is 0. The van der Waals surface area contributed by atoms with Gasteiger partial charge in [-0.3, -0.25) is 20.2 Å². The van der Waals surface area contributed by atoms with Crippen molar-refractivity contribution in [1.82, 2.24) is 9.97 Å². The number of anilines is 1. The largest absolute Gasteiger partial charge is 0.395 e. The van der Waals surface area contributed by atoms with Gasteiger partial charge in [0, 0.05) is 12.6 Å². The Morgan fingerprint density at radius 2 is 2.11 bits per heavy atom. The third kappa shape index (κ3) is 2.15. The van der Waals surface area contributed by atoms with Gasteiger partial charge in [-0.05, 0) is 0 Å². The Kier molecular flexibility index (Phi) is 3.25. The highest BCUT2D eigenvalue weighted by Gasteiger charge is 2.30. The first-order valence-electron chi connectivity index (χ1n) is 5.20. The molecule has 0 radical (unpaired) electrons. The summed E-state index contributed by atoms with van der Waals surface area (Å²) in [5.74, 6) is 0. The number of fused-ring (bicyclic) bond motifs is 1. The number of rotatable bonds is 5. The summed E-state index contributed by atoms with van der Waals surface area (Å²) in [6.45, 7) is -0.357. The number of benzene rings is 1. The number of aromatic nitrogens is 2. The number of nitro benzene ring substituents is 2. The standard InChI is InChI=1S/C9H9N5O5/c15-2-1-10-8-6(13(16)17)3-5-7(12-4-11-5)9(8)14(18)19/h3-4,10,15H,1-2H2,(H,11,12). The highest BCUT2D eigenvalue weighted by Crippen LogP contribution is 2.39. The van der Waals surface area contributed by atoms with E-state index in [2.05, 4.69) is 15.3 Å². The number of hydrogen-bond donors (Lipinski definition) is 3. The van der Waals surface area contributed by atoms with E-state index >= 15 is 0 Å². The fraction of sp³-hybridized carbons (Fsp3) is 0.222. The van der Waals surface area contributed by atoms with Crippen LogP contribution < -0.4 is 5.32 Å². The molecule has 10 heteroatoms. The third-order valence-corrected chi connectivity index (χ3v) is 2.46. The molecule has 0 bridgehead atoms. The van der Waals surface area contributed by atoms with E-state index in [0.29, 0.717) is 0 Å².